The monoisotopic (exact) mass is 437 g/mol. The molecule has 1 amide bonds. The Bertz CT molecular complexity index is 1030. The largest absolute Gasteiger partial charge is 0.497 e. The molecule has 1 aromatic heterocycles. The molecular weight excluding hydrogens is 410 g/mol. The fourth-order valence-electron chi connectivity index (χ4n) is 3.58. The van der Waals surface area contributed by atoms with E-state index in [1.165, 1.54) is 17.3 Å². The predicted molar refractivity (Wildman–Crippen MR) is 123 cm³/mol. The lowest BCUT2D eigenvalue weighted by atomic mass is 10.0. The predicted octanol–water partition coefficient (Wildman–Crippen LogP) is 4.20. The topological polar surface area (TPSA) is 81.1 Å². The van der Waals surface area contributed by atoms with Gasteiger partial charge in [0.15, 0.2) is 5.82 Å². The van der Waals surface area contributed by atoms with Crippen LogP contribution in [0.2, 0.25) is 0 Å². The highest BCUT2D eigenvalue weighted by atomic mass is 32.2. The minimum Gasteiger partial charge on any atom is -0.497 e. The van der Waals surface area contributed by atoms with Crippen molar-refractivity contribution in [3.05, 3.63) is 65.5 Å². The molecule has 4 rings (SSSR count). The minimum atomic E-state index is -0.412. The number of benzene rings is 2. The van der Waals surface area contributed by atoms with Gasteiger partial charge in [-0.15, -0.1) is 10.2 Å². The number of hydrogen-bond acceptors (Lipinski definition) is 6. The van der Waals surface area contributed by atoms with Crippen molar-refractivity contribution in [1.82, 2.24) is 14.9 Å². The number of methoxy groups -OCH3 is 1. The highest BCUT2D eigenvalue weighted by Gasteiger charge is 2.37. The first-order chi connectivity index (χ1) is 15.1. The van der Waals surface area contributed by atoms with Crippen LogP contribution in [0.15, 0.2) is 53.7 Å². The Hall–Kier alpha value is -3.00. The van der Waals surface area contributed by atoms with Crippen molar-refractivity contribution in [2.45, 2.75) is 49.6 Å². The number of aryl methyl sites for hydroxylation is 2. The normalized spacial score (nSPS) is 17.5. The van der Waals surface area contributed by atoms with E-state index in [1.54, 1.807) is 7.11 Å². The summed E-state index contributed by atoms with van der Waals surface area (Å²) >= 11 is 1.44. The zero-order valence-electron chi connectivity index (χ0n) is 18.0. The maximum Gasteiger partial charge on any atom is 0.240 e. The van der Waals surface area contributed by atoms with Crippen LogP contribution in [-0.2, 0) is 17.6 Å². The molecule has 2 N–H and O–H groups in total. The number of aromatic nitrogens is 3. The number of amides is 1. The van der Waals surface area contributed by atoms with Gasteiger partial charge in [0.2, 0.25) is 11.1 Å². The molecule has 0 saturated heterocycles. The van der Waals surface area contributed by atoms with Crippen LogP contribution in [0.5, 0.6) is 5.75 Å². The first-order valence-corrected chi connectivity index (χ1v) is 11.4. The van der Waals surface area contributed by atoms with Gasteiger partial charge in [-0.2, -0.15) is 0 Å². The molecule has 8 heteroatoms. The zero-order chi connectivity index (χ0) is 21.8. The summed E-state index contributed by atoms with van der Waals surface area (Å²) in [4.78, 5) is 13.3. The SMILES string of the molecule is CCCc1nnc2n1N[C@H](c1ccc(OC)cc1)[C@H](C(=O)Nc1ccc(CC)cc1)S2. The van der Waals surface area contributed by atoms with Crippen molar-refractivity contribution >= 4 is 23.4 Å². The van der Waals surface area contributed by atoms with Crippen LogP contribution in [0.1, 0.15) is 43.3 Å². The second kappa shape index (κ2) is 9.43. The lowest BCUT2D eigenvalue weighted by Crippen LogP contribution is -2.41. The summed E-state index contributed by atoms with van der Waals surface area (Å²) in [6.45, 7) is 4.22. The van der Waals surface area contributed by atoms with Crippen LogP contribution in [-0.4, -0.2) is 33.1 Å². The molecule has 3 aromatic rings. The molecule has 162 valence electrons. The Kier molecular flexibility index (Phi) is 6.46. The van der Waals surface area contributed by atoms with Crippen LogP contribution in [0.4, 0.5) is 5.69 Å². The number of nitrogens with zero attached hydrogens (tertiary/aromatic N) is 3. The summed E-state index contributed by atoms with van der Waals surface area (Å²) in [6.07, 6.45) is 2.75. The molecule has 0 radical (unpaired) electrons. The van der Waals surface area contributed by atoms with Crippen LogP contribution in [0, 0.1) is 0 Å². The van der Waals surface area contributed by atoms with Crippen LogP contribution < -0.4 is 15.5 Å². The fourth-order valence-corrected chi connectivity index (χ4v) is 4.68. The summed E-state index contributed by atoms with van der Waals surface area (Å²) in [5, 5.41) is 12.0. The highest BCUT2D eigenvalue weighted by molar-refractivity contribution is 8.00. The quantitative estimate of drug-likeness (QED) is 0.577. The van der Waals surface area contributed by atoms with E-state index in [0.717, 1.165) is 42.1 Å². The number of thioether (sulfide) groups is 1. The molecule has 0 unspecified atom stereocenters. The van der Waals surface area contributed by atoms with Gasteiger partial charge in [0.1, 0.15) is 11.0 Å². The second-order valence-electron chi connectivity index (χ2n) is 7.44. The average Bonchev–Trinajstić information content (AvgIpc) is 3.21. The molecule has 2 heterocycles. The van der Waals surface area contributed by atoms with Gasteiger partial charge >= 0.3 is 0 Å². The standard InChI is InChI=1S/C23H27N5O2S/c1-4-6-19-25-26-23-28(19)27-20(16-9-13-18(30-3)14-10-16)21(31-23)22(29)24-17-11-7-15(5-2)8-12-17/h7-14,20-21,27H,4-6H2,1-3H3,(H,24,29)/t20-,21-/m1/s1. The highest BCUT2D eigenvalue weighted by Crippen LogP contribution is 2.38. The van der Waals surface area contributed by atoms with Gasteiger partial charge in [0.25, 0.3) is 0 Å². The van der Waals surface area contributed by atoms with Crippen molar-refractivity contribution in [3.8, 4) is 5.75 Å². The van der Waals surface area contributed by atoms with Gasteiger partial charge in [0, 0.05) is 12.1 Å². The van der Waals surface area contributed by atoms with Crippen LogP contribution >= 0.6 is 11.8 Å². The second-order valence-corrected chi connectivity index (χ2v) is 8.55. The fraction of sp³-hybridized carbons (Fsp3) is 0.348. The summed E-state index contributed by atoms with van der Waals surface area (Å²) in [5.74, 6) is 1.58. The summed E-state index contributed by atoms with van der Waals surface area (Å²) in [7, 11) is 1.64. The van der Waals surface area contributed by atoms with Gasteiger partial charge in [-0.05, 0) is 48.2 Å². The number of nitrogens with one attached hydrogen (secondary N) is 2. The maximum atomic E-state index is 13.3. The molecule has 1 aliphatic rings. The molecule has 1 aliphatic heterocycles. The smallest absolute Gasteiger partial charge is 0.240 e. The molecule has 2 aromatic carbocycles. The molecule has 0 aliphatic carbocycles. The van der Waals surface area contributed by atoms with E-state index >= 15 is 0 Å². The van der Waals surface area contributed by atoms with E-state index < -0.39 is 5.25 Å². The summed E-state index contributed by atoms with van der Waals surface area (Å²) < 4.78 is 7.21. The van der Waals surface area contributed by atoms with Crippen molar-refractivity contribution in [2.24, 2.45) is 0 Å². The van der Waals surface area contributed by atoms with Crippen molar-refractivity contribution in [1.29, 1.82) is 0 Å². The Balaban J connectivity index is 1.63. The number of anilines is 1. The first kappa shape index (κ1) is 21.2. The van der Waals surface area contributed by atoms with Gasteiger partial charge in [0.05, 0.1) is 13.2 Å². The molecule has 0 spiro atoms. The van der Waals surface area contributed by atoms with Gasteiger partial charge < -0.3 is 15.5 Å². The molecule has 7 nitrogen and oxygen atoms in total. The van der Waals surface area contributed by atoms with Gasteiger partial charge in [-0.1, -0.05) is 49.9 Å². The minimum absolute atomic E-state index is 0.0751. The Morgan fingerprint density at radius 3 is 2.52 bits per heavy atom. The van der Waals surface area contributed by atoms with E-state index in [9.17, 15) is 4.79 Å². The Labute approximate surface area is 186 Å². The molecule has 0 saturated carbocycles. The van der Waals surface area contributed by atoms with Crippen molar-refractivity contribution in [3.63, 3.8) is 0 Å². The number of carbonyl (C=O) groups excluding carboxylic acids is 1. The maximum absolute atomic E-state index is 13.3. The average molecular weight is 438 g/mol. The molecule has 31 heavy (non-hydrogen) atoms. The summed E-state index contributed by atoms with van der Waals surface area (Å²) in [6, 6.07) is 15.5. The Morgan fingerprint density at radius 1 is 1.13 bits per heavy atom. The van der Waals surface area contributed by atoms with Crippen molar-refractivity contribution in [2.75, 3.05) is 17.9 Å². The third-order valence-electron chi connectivity index (χ3n) is 5.34. The molecule has 0 bridgehead atoms. The lowest BCUT2D eigenvalue weighted by molar-refractivity contribution is -0.116. The summed E-state index contributed by atoms with van der Waals surface area (Å²) in [5.41, 5.74) is 6.51. The third kappa shape index (κ3) is 4.54. The van der Waals surface area contributed by atoms with Gasteiger partial charge in [-0.3, -0.25) is 4.79 Å². The number of rotatable bonds is 7. The van der Waals surface area contributed by atoms with E-state index in [1.807, 2.05) is 53.2 Å². The van der Waals surface area contributed by atoms with E-state index in [2.05, 4.69) is 34.8 Å². The van der Waals surface area contributed by atoms with E-state index in [4.69, 9.17) is 4.74 Å². The molecule has 2 atom stereocenters. The van der Waals surface area contributed by atoms with Crippen LogP contribution in [0.25, 0.3) is 0 Å². The number of carbonyl (C=O) groups is 1. The number of hydrogen-bond donors (Lipinski definition) is 2. The Morgan fingerprint density at radius 2 is 1.87 bits per heavy atom. The first-order valence-electron chi connectivity index (χ1n) is 10.5. The number of fused-ring (bicyclic) bond motifs is 1. The zero-order valence-corrected chi connectivity index (χ0v) is 18.8. The van der Waals surface area contributed by atoms with Crippen molar-refractivity contribution < 1.29 is 9.53 Å². The lowest BCUT2D eigenvalue weighted by Gasteiger charge is -2.33. The van der Waals surface area contributed by atoms with E-state index in [0.29, 0.717) is 5.16 Å². The molecular formula is C23H27N5O2S. The van der Waals surface area contributed by atoms with Gasteiger partial charge in [-0.25, -0.2) is 4.68 Å². The van der Waals surface area contributed by atoms with E-state index in [-0.39, 0.29) is 11.9 Å². The number of ether oxygens (including phenoxy) is 1. The third-order valence-corrected chi connectivity index (χ3v) is 6.56. The van der Waals surface area contributed by atoms with Crippen LogP contribution in [0.3, 0.4) is 0 Å². The molecule has 0 fully saturated rings.